The highest BCUT2D eigenvalue weighted by Gasteiger charge is 2.23. The maximum atomic E-state index is 11.9. The molecule has 2 aliphatic rings. The van der Waals surface area contributed by atoms with Gasteiger partial charge in [-0.3, -0.25) is 0 Å². The Labute approximate surface area is 297 Å². The largest absolute Gasteiger partial charge is 0.500 e. The summed E-state index contributed by atoms with van der Waals surface area (Å²) < 4.78 is 45.5. The van der Waals surface area contributed by atoms with E-state index in [1.807, 2.05) is 42.5 Å². The van der Waals surface area contributed by atoms with Gasteiger partial charge in [0.25, 0.3) is 0 Å². The second-order valence-electron chi connectivity index (χ2n) is 10.0. The molecule has 0 unspecified atom stereocenters. The summed E-state index contributed by atoms with van der Waals surface area (Å²) in [5, 5.41) is 2.91. The van der Waals surface area contributed by atoms with Crippen molar-refractivity contribution in [1.29, 1.82) is 0 Å². The summed E-state index contributed by atoms with van der Waals surface area (Å²) in [7, 11) is 0. The average molecular weight is 717 g/mol. The lowest BCUT2D eigenvalue weighted by atomic mass is 10.2. The monoisotopic (exact) mass is 716 g/mol. The first-order valence-corrected chi connectivity index (χ1v) is 16.6. The third kappa shape index (κ3) is 15.2. The summed E-state index contributed by atoms with van der Waals surface area (Å²) >= 11 is 0. The van der Waals surface area contributed by atoms with E-state index in [4.69, 9.17) is 38.9 Å². The molecule has 2 aliphatic heterocycles. The van der Waals surface area contributed by atoms with E-state index in [-0.39, 0.29) is 43.9 Å². The number of nitrogens with two attached hydrogens (primary N) is 1. The van der Waals surface area contributed by atoms with Gasteiger partial charge in [-0.05, 0) is 58.9 Å². The van der Waals surface area contributed by atoms with Crippen molar-refractivity contribution in [2.75, 3.05) is 70.5 Å². The molecule has 15 heteroatoms. The number of hydrogen-bond donors (Lipinski definition) is 2. The van der Waals surface area contributed by atoms with E-state index in [1.165, 1.54) is 6.20 Å². The Morgan fingerprint density at radius 2 is 1.08 bits per heavy atom. The third-order valence-corrected chi connectivity index (χ3v) is 6.32. The second kappa shape index (κ2) is 24.2. The predicted molar refractivity (Wildman–Crippen MR) is 185 cm³/mol. The number of ether oxygens (including phenoxy) is 9. The number of carbonyl (C=O) groups excluding carboxylic acids is 4. The summed E-state index contributed by atoms with van der Waals surface area (Å²) in [5.74, 6) is -2.93. The Kier molecular flexibility index (Phi) is 20.1. The van der Waals surface area contributed by atoms with Crippen LogP contribution in [0.15, 0.2) is 72.1 Å². The van der Waals surface area contributed by atoms with Crippen LogP contribution >= 0.6 is 0 Å². The fourth-order valence-electron chi connectivity index (χ4n) is 4.12. The Morgan fingerprint density at radius 3 is 1.51 bits per heavy atom. The molecule has 0 amide bonds. The van der Waals surface area contributed by atoms with Crippen molar-refractivity contribution in [2.45, 2.75) is 47.2 Å². The van der Waals surface area contributed by atoms with Gasteiger partial charge in [-0.1, -0.05) is 24.3 Å². The molecule has 2 aromatic carbocycles. The third-order valence-electron chi connectivity index (χ3n) is 6.32. The van der Waals surface area contributed by atoms with Crippen LogP contribution in [0.4, 0.5) is 11.4 Å². The van der Waals surface area contributed by atoms with Crippen molar-refractivity contribution in [3.63, 3.8) is 0 Å². The Hall–Kier alpha value is -4.96. The zero-order valence-electron chi connectivity index (χ0n) is 29.7. The molecule has 0 aromatic heterocycles. The van der Waals surface area contributed by atoms with Crippen LogP contribution in [-0.2, 0) is 61.8 Å². The number of benzene rings is 2. The molecular weight excluding hydrogens is 668 g/mol. The van der Waals surface area contributed by atoms with Gasteiger partial charge >= 0.3 is 23.9 Å². The second-order valence-corrected chi connectivity index (χ2v) is 10.0. The van der Waals surface area contributed by atoms with Crippen LogP contribution in [0.1, 0.15) is 58.3 Å². The Balaban J connectivity index is 0.000000286. The molecule has 2 saturated heterocycles. The summed E-state index contributed by atoms with van der Waals surface area (Å²) in [4.78, 5) is 46.4. The van der Waals surface area contributed by atoms with Gasteiger partial charge in [0.15, 0.2) is 23.7 Å². The van der Waals surface area contributed by atoms with Crippen molar-refractivity contribution in [2.24, 2.45) is 0 Å². The maximum absolute atomic E-state index is 11.9. The van der Waals surface area contributed by atoms with Gasteiger partial charge in [-0.15, -0.1) is 0 Å². The topological polar surface area (TPSA) is 189 Å². The van der Waals surface area contributed by atoms with E-state index in [0.29, 0.717) is 38.7 Å². The number of rotatable bonds is 14. The summed E-state index contributed by atoms with van der Waals surface area (Å²) in [5.41, 5.74) is 8.46. The molecule has 2 fully saturated rings. The molecule has 0 radical (unpaired) electrons. The Morgan fingerprint density at radius 1 is 0.647 bits per heavy atom. The minimum absolute atomic E-state index is 0.168. The molecule has 0 saturated carbocycles. The summed E-state index contributed by atoms with van der Waals surface area (Å²) in [6.45, 7) is 11.9. The number of nitrogen functional groups attached to an aromatic ring is 1. The molecular formula is C36H48N2O13. The van der Waals surface area contributed by atoms with Crippen molar-refractivity contribution in [3.8, 4) is 0 Å². The van der Waals surface area contributed by atoms with Gasteiger partial charge in [0, 0.05) is 28.7 Å². The van der Waals surface area contributed by atoms with Crippen LogP contribution in [0.25, 0.3) is 0 Å². The molecule has 4 rings (SSSR count). The van der Waals surface area contributed by atoms with E-state index >= 15 is 0 Å². The molecule has 0 bridgehead atoms. The lowest BCUT2D eigenvalue weighted by molar-refractivity contribution is -0.148. The van der Waals surface area contributed by atoms with Crippen molar-refractivity contribution >= 4 is 35.3 Å². The van der Waals surface area contributed by atoms with Gasteiger partial charge in [0.2, 0.25) is 0 Å². The van der Waals surface area contributed by atoms with E-state index in [2.05, 4.69) is 14.8 Å². The van der Waals surface area contributed by atoms with Crippen LogP contribution in [0, 0.1) is 0 Å². The van der Waals surface area contributed by atoms with Crippen molar-refractivity contribution in [1.82, 2.24) is 0 Å². The molecule has 280 valence electrons. The van der Waals surface area contributed by atoms with E-state index < -0.39 is 30.2 Å². The predicted octanol–water partition coefficient (Wildman–Crippen LogP) is 4.50. The van der Waals surface area contributed by atoms with Crippen LogP contribution in [0.5, 0.6) is 0 Å². The number of nitrogens with one attached hydrogen (secondary N) is 1. The quantitative estimate of drug-likeness (QED) is 0.0528. The first-order chi connectivity index (χ1) is 24.7. The van der Waals surface area contributed by atoms with Gasteiger partial charge in [0.1, 0.15) is 6.26 Å². The molecule has 2 heterocycles. The summed E-state index contributed by atoms with van der Waals surface area (Å²) in [6, 6.07) is 14.9. The van der Waals surface area contributed by atoms with Gasteiger partial charge in [-0.25, -0.2) is 19.2 Å². The van der Waals surface area contributed by atoms with Crippen LogP contribution in [0.2, 0.25) is 0 Å². The molecule has 0 atom stereocenters. The molecule has 0 spiro atoms. The van der Waals surface area contributed by atoms with E-state index in [1.54, 1.807) is 40.7 Å². The highest BCUT2D eigenvalue weighted by Crippen LogP contribution is 2.26. The first-order valence-electron chi connectivity index (χ1n) is 16.6. The van der Waals surface area contributed by atoms with Crippen LogP contribution in [0.3, 0.4) is 0 Å². The number of hydrogen-bond acceptors (Lipinski definition) is 15. The maximum Gasteiger partial charge on any atom is 0.348 e. The molecule has 3 N–H and O–H groups in total. The minimum Gasteiger partial charge on any atom is -0.500 e. The standard InChI is InChI=1S/C17H21NO6.C10H16O5.C9H11NO2/c1-3-21-15(19)14(16(20)22-4-2)11-18-13-7-5-6-12(10-13)17-23-8-9-24-17;1-4-13-7-8(9(11)14-5-2)10(12)15-6-3;10-8-3-1-2-7(6-8)9-11-4-5-12-9/h5-7,10-11,17-18H,3-4,8-9H2,1-2H3;7H,4-6H2,1-3H3;1-3,6,9H,4-5,10H2. The van der Waals surface area contributed by atoms with Crippen LogP contribution < -0.4 is 11.1 Å². The molecule has 15 nitrogen and oxygen atoms in total. The molecule has 2 aromatic rings. The van der Waals surface area contributed by atoms with E-state index in [9.17, 15) is 19.2 Å². The zero-order chi connectivity index (χ0) is 37.4. The highest BCUT2D eigenvalue weighted by atomic mass is 16.7. The number of esters is 4. The van der Waals surface area contributed by atoms with Gasteiger partial charge < -0.3 is 53.7 Å². The van der Waals surface area contributed by atoms with Crippen LogP contribution in [-0.4, -0.2) is 83.3 Å². The highest BCUT2D eigenvalue weighted by molar-refractivity contribution is 6.14. The smallest absolute Gasteiger partial charge is 0.348 e. The van der Waals surface area contributed by atoms with E-state index in [0.717, 1.165) is 23.1 Å². The fourth-order valence-corrected chi connectivity index (χ4v) is 4.12. The zero-order valence-corrected chi connectivity index (χ0v) is 29.7. The number of anilines is 2. The van der Waals surface area contributed by atoms with Gasteiger partial charge in [0.05, 0.1) is 59.5 Å². The average Bonchev–Trinajstić information content (AvgIpc) is 3.86. The Bertz CT molecular complexity index is 1410. The summed E-state index contributed by atoms with van der Waals surface area (Å²) in [6.07, 6.45) is 1.74. The molecule has 51 heavy (non-hydrogen) atoms. The lowest BCUT2D eigenvalue weighted by Crippen LogP contribution is -2.19. The van der Waals surface area contributed by atoms with Crippen molar-refractivity contribution in [3.05, 3.63) is 83.3 Å². The minimum atomic E-state index is -0.734. The fraction of sp³-hybridized carbons (Fsp3) is 0.444. The molecule has 0 aliphatic carbocycles. The van der Waals surface area contributed by atoms with Crippen molar-refractivity contribution < 1.29 is 61.8 Å². The lowest BCUT2D eigenvalue weighted by Gasteiger charge is -2.11. The number of carbonyl (C=O) groups is 4. The first kappa shape index (κ1) is 42.2. The SMILES string of the molecule is CCOC(=O)C(=CNc1cccc(C2OCCO2)c1)C(=O)OCC.CCOC=C(C(=O)OCC)C(=O)OCC.Nc1cccc(C2OCCO2)c1. The van der Waals surface area contributed by atoms with Gasteiger partial charge in [-0.2, -0.15) is 0 Å². The normalized spacial score (nSPS) is 13.6.